The quantitative estimate of drug-likeness (QED) is 0.858. The number of carbonyl (C=O) groups excluding carboxylic acids is 2. The molecule has 1 aliphatic rings. The summed E-state index contributed by atoms with van der Waals surface area (Å²) in [5.74, 6) is 0.610. The predicted molar refractivity (Wildman–Crippen MR) is 70.4 cm³/mol. The van der Waals surface area contributed by atoms with E-state index in [1.807, 2.05) is 12.1 Å². The molecule has 1 N–H and O–H groups in total. The molecule has 2 rings (SSSR count). The molecule has 0 bridgehead atoms. The fourth-order valence-corrected chi connectivity index (χ4v) is 2.15. The second-order valence-electron chi connectivity index (χ2n) is 4.53. The third kappa shape index (κ3) is 2.93. The maximum Gasteiger partial charge on any atom is 0.265 e. The maximum atomic E-state index is 11.8. The monoisotopic (exact) mass is 263 g/mol. The summed E-state index contributed by atoms with van der Waals surface area (Å²) in [7, 11) is 0. The van der Waals surface area contributed by atoms with Gasteiger partial charge in [0.2, 0.25) is 0 Å². The summed E-state index contributed by atoms with van der Waals surface area (Å²) in [6.45, 7) is 1.69. The Kier molecular flexibility index (Phi) is 4.16. The first-order valence-electron chi connectivity index (χ1n) is 6.29. The van der Waals surface area contributed by atoms with E-state index in [0.717, 1.165) is 5.56 Å². The molecule has 1 aromatic carbocycles. The molecule has 1 amide bonds. The van der Waals surface area contributed by atoms with Gasteiger partial charge in [0.05, 0.1) is 12.3 Å². The molecular formula is C14H17NO4. The largest absolute Gasteiger partial charge is 0.481 e. The molecule has 0 atom stereocenters. The van der Waals surface area contributed by atoms with E-state index in [0.29, 0.717) is 24.3 Å². The van der Waals surface area contributed by atoms with E-state index in [4.69, 9.17) is 9.84 Å². The molecule has 5 nitrogen and oxygen atoms in total. The van der Waals surface area contributed by atoms with Crippen LogP contribution in [0.3, 0.4) is 0 Å². The van der Waals surface area contributed by atoms with Gasteiger partial charge >= 0.3 is 0 Å². The van der Waals surface area contributed by atoms with Crippen molar-refractivity contribution in [3.05, 3.63) is 23.8 Å². The van der Waals surface area contributed by atoms with Gasteiger partial charge in [-0.3, -0.25) is 4.79 Å². The topological polar surface area (TPSA) is 66.8 Å². The molecule has 0 unspecified atom stereocenters. The molecule has 0 spiro atoms. The summed E-state index contributed by atoms with van der Waals surface area (Å²) < 4.78 is 5.49. The van der Waals surface area contributed by atoms with Crippen molar-refractivity contribution in [2.24, 2.45) is 0 Å². The number of aliphatic hydroxyl groups excluding tert-OH is 1. The van der Waals surface area contributed by atoms with Crippen LogP contribution < -0.4 is 9.64 Å². The van der Waals surface area contributed by atoms with Gasteiger partial charge in [0.25, 0.3) is 5.91 Å². The zero-order chi connectivity index (χ0) is 13.8. The summed E-state index contributed by atoms with van der Waals surface area (Å²) in [4.78, 5) is 24.3. The zero-order valence-corrected chi connectivity index (χ0v) is 10.9. The standard InChI is InChI=1S/C14H17NO4/c1-10(17)5-6-11-3-2-4-12-14(11)19-9-13(18)15(12)7-8-16/h2-4,16H,5-9H2,1H3. The van der Waals surface area contributed by atoms with Crippen molar-refractivity contribution in [1.29, 1.82) is 0 Å². The Morgan fingerprint density at radius 1 is 1.47 bits per heavy atom. The number of anilines is 1. The maximum absolute atomic E-state index is 11.8. The van der Waals surface area contributed by atoms with Crippen LogP contribution in [0.25, 0.3) is 0 Å². The van der Waals surface area contributed by atoms with Crippen LogP contribution in [-0.4, -0.2) is 36.6 Å². The minimum absolute atomic E-state index is 0.0237. The minimum atomic E-state index is -0.162. The highest BCUT2D eigenvalue weighted by Gasteiger charge is 2.26. The van der Waals surface area contributed by atoms with Gasteiger partial charge in [-0.15, -0.1) is 0 Å². The van der Waals surface area contributed by atoms with Gasteiger partial charge in [-0.05, 0) is 25.0 Å². The lowest BCUT2D eigenvalue weighted by molar-refractivity contribution is -0.121. The highest BCUT2D eigenvalue weighted by atomic mass is 16.5. The highest BCUT2D eigenvalue weighted by Crippen LogP contribution is 2.35. The molecule has 0 aromatic heterocycles. The number of amides is 1. The normalized spacial score (nSPS) is 14.0. The fourth-order valence-electron chi connectivity index (χ4n) is 2.15. The number of hydrogen-bond donors (Lipinski definition) is 1. The van der Waals surface area contributed by atoms with E-state index in [-0.39, 0.29) is 31.4 Å². The fraction of sp³-hybridized carbons (Fsp3) is 0.429. The minimum Gasteiger partial charge on any atom is -0.481 e. The number of hydrogen-bond acceptors (Lipinski definition) is 4. The Morgan fingerprint density at radius 2 is 2.26 bits per heavy atom. The van der Waals surface area contributed by atoms with Crippen LogP contribution in [0, 0.1) is 0 Å². The third-order valence-electron chi connectivity index (χ3n) is 3.08. The Balaban J connectivity index is 2.30. The van der Waals surface area contributed by atoms with Crippen LogP contribution >= 0.6 is 0 Å². The number of benzene rings is 1. The van der Waals surface area contributed by atoms with Gasteiger partial charge < -0.3 is 19.5 Å². The molecule has 1 aliphatic heterocycles. The van der Waals surface area contributed by atoms with Crippen LogP contribution in [0.4, 0.5) is 5.69 Å². The second-order valence-corrected chi connectivity index (χ2v) is 4.53. The van der Waals surface area contributed by atoms with Crippen molar-refractivity contribution in [2.45, 2.75) is 19.8 Å². The molecule has 0 fully saturated rings. The number of carbonyl (C=O) groups is 2. The van der Waals surface area contributed by atoms with Crippen LogP contribution in [0.2, 0.25) is 0 Å². The molecule has 1 aromatic rings. The number of aryl methyl sites for hydroxylation is 1. The van der Waals surface area contributed by atoms with E-state index >= 15 is 0 Å². The molecule has 5 heteroatoms. The first-order chi connectivity index (χ1) is 9.13. The lowest BCUT2D eigenvalue weighted by Crippen LogP contribution is -2.40. The number of β-amino-alcohol motifs (C(OH)–C–C–N with tert-alkyl or cyclic N) is 1. The number of ether oxygens (including phenoxy) is 1. The number of aliphatic hydroxyl groups is 1. The highest BCUT2D eigenvalue weighted by molar-refractivity contribution is 5.98. The molecule has 0 aliphatic carbocycles. The Morgan fingerprint density at radius 3 is 2.95 bits per heavy atom. The van der Waals surface area contributed by atoms with Crippen LogP contribution in [0.15, 0.2) is 18.2 Å². The predicted octanol–water partition coefficient (Wildman–Crippen LogP) is 0.926. The van der Waals surface area contributed by atoms with Gasteiger partial charge in [0.1, 0.15) is 11.5 Å². The average molecular weight is 263 g/mol. The SMILES string of the molecule is CC(=O)CCc1cccc2c1OCC(=O)N2CCO. The lowest BCUT2D eigenvalue weighted by Gasteiger charge is -2.30. The first kappa shape index (κ1) is 13.5. The number of Topliss-reactive ketones (excluding diaryl/α,β-unsaturated/α-hetero) is 1. The number of para-hydroxylation sites is 1. The molecule has 19 heavy (non-hydrogen) atoms. The molecule has 0 radical (unpaired) electrons. The van der Waals surface area contributed by atoms with Gasteiger partial charge in [0.15, 0.2) is 6.61 Å². The number of ketones is 1. The van der Waals surface area contributed by atoms with E-state index in [9.17, 15) is 9.59 Å². The van der Waals surface area contributed by atoms with Crippen molar-refractivity contribution >= 4 is 17.4 Å². The van der Waals surface area contributed by atoms with Crippen molar-refractivity contribution < 1.29 is 19.4 Å². The van der Waals surface area contributed by atoms with Gasteiger partial charge in [0, 0.05) is 13.0 Å². The Hall–Kier alpha value is -1.88. The van der Waals surface area contributed by atoms with Gasteiger partial charge in [-0.2, -0.15) is 0 Å². The number of rotatable bonds is 5. The van der Waals surface area contributed by atoms with Gasteiger partial charge in [-0.25, -0.2) is 0 Å². The molecule has 1 heterocycles. The summed E-state index contributed by atoms with van der Waals surface area (Å²) in [6, 6.07) is 5.52. The Bertz CT molecular complexity index is 498. The smallest absolute Gasteiger partial charge is 0.265 e. The van der Waals surface area contributed by atoms with Crippen LogP contribution in [0.1, 0.15) is 18.9 Å². The lowest BCUT2D eigenvalue weighted by atomic mass is 10.0. The van der Waals surface area contributed by atoms with Crippen molar-refractivity contribution in [2.75, 3.05) is 24.7 Å². The molecule has 0 saturated carbocycles. The number of nitrogens with zero attached hydrogens (tertiary/aromatic N) is 1. The van der Waals surface area contributed by atoms with Crippen molar-refractivity contribution in [3.63, 3.8) is 0 Å². The van der Waals surface area contributed by atoms with E-state index in [1.54, 1.807) is 13.0 Å². The Labute approximate surface area is 111 Å². The second kappa shape index (κ2) is 5.84. The molecular weight excluding hydrogens is 246 g/mol. The molecule has 102 valence electrons. The van der Waals surface area contributed by atoms with Gasteiger partial charge in [-0.1, -0.05) is 12.1 Å². The van der Waals surface area contributed by atoms with Crippen molar-refractivity contribution in [3.8, 4) is 5.75 Å². The summed E-state index contributed by atoms with van der Waals surface area (Å²) >= 11 is 0. The van der Waals surface area contributed by atoms with E-state index in [1.165, 1.54) is 4.90 Å². The summed E-state index contributed by atoms with van der Waals surface area (Å²) in [6.07, 6.45) is 1.05. The first-order valence-corrected chi connectivity index (χ1v) is 6.29. The van der Waals surface area contributed by atoms with E-state index in [2.05, 4.69) is 0 Å². The zero-order valence-electron chi connectivity index (χ0n) is 10.9. The third-order valence-corrected chi connectivity index (χ3v) is 3.08. The number of fused-ring (bicyclic) bond motifs is 1. The van der Waals surface area contributed by atoms with E-state index < -0.39 is 0 Å². The average Bonchev–Trinajstić information content (AvgIpc) is 2.39. The van der Waals surface area contributed by atoms with Crippen LogP contribution in [0.5, 0.6) is 5.75 Å². The summed E-state index contributed by atoms with van der Waals surface area (Å²) in [5, 5.41) is 9.03. The van der Waals surface area contributed by atoms with Crippen molar-refractivity contribution in [1.82, 2.24) is 0 Å². The summed E-state index contributed by atoms with van der Waals surface area (Å²) in [5.41, 5.74) is 1.59. The molecule has 0 saturated heterocycles. The van der Waals surface area contributed by atoms with Crippen LogP contribution in [-0.2, 0) is 16.0 Å².